The molecule has 7 amide bonds. The first-order valence-electron chi connectivity index (χ1n) is 26.6. The number of rotatable bonds is 33. The van der Waals surface area contributed by atoms with Crippen molar-refractivity contribution in [3.05, 3.63) is 144 Å². The summed E-state index contributed by atoms with van der Waals surface area (Å²) in [7, 11) is 0. The van der Waals surface area contributed by atoms with Crippen LogP contribution in [-0.2, 0) is 80.0 Å². The molecule has 6 atom stereocenters. The first kappa shape index (κ1) is 64.6. The van der Waals surface area contributed by atoms with Gasteiger partial charge in [0.05, 0.1) is 36.6 Å². The lowest BCUT2D eigenvalue weighted by Crippen LogP contribution is -2.59. The molecule has 1 heterocycles. The average molecular weight is 1160 g/mol. The van der Waals surface area contributed by atoms with Gasteiger partial charge in [0.2, 0.25) is 41.4 Å². The van der Waals surface area contributed by atoms with Crippen LogP contribution in [0.3, 0.4) is 0 Å². The number of H-pyrrole nitrogens is 1. The van der Waals surface area contributed by atoms with Gasteiger partial charge in [-0.15, -0.1) is 0 Å². The highest BCUT2D eigenvalue weighted by molar-refractivity contribution is 6.02. The molecule has 1 aromatic heterocycles. The Kier molecular flexibility index (Phi) is 24.9. The molecule has 0 saturated heterocycles. The van der Waals surface area contributed by atoms with Crippen LogP contribution in [0.25, 0.3) is 0 Å². The minimum absolute atomic E-state index is 0.0354. The van der Waals surface area contributed by atoms with Crippen molar-refractivity contribution in [3.8, 4) is 11.5 Å². The van der Waals surface area contributed by atoms with Crippen LogP contribution in [0, 0.1) is 5.41 Å². The Morgan fingerprint density at radius 2 is 1.24 bits per heavy atom. The predicted molar refractivity (Wildman–Crippen MR) is 303 cm³/mol. The number of nitrogens with two attached hydrogens (primary N) is 3. The summed E-state index contributed by atoms with van der Waals surface area (Å²) in [5.74, 6) is -10.9. The number of hydrogen-bond donors (Lipinski definition) is 14. The van der Waals surface area contributed by atoms with Crippen LogP contribution in [0.5, 0.6) is 11.5 Å². The average Bonchev–Trinajstić information content (AvgIpc) is 4.01. The summed E-state index contributed by atoms with van der Waals surface area (Å²) in [5, 5.41) is 52.0. The largest absolute Gasteiger partial charge is 0.508 e. The molecule has 446 valence electrons. The van der Waals surface area contributed by atoms with Gasteiger partial charge in [-0.1, -0.05) is 78.9 Å². The Morgan fingerprint density at radius 1 is 0.667 bits per heavy atom. The number of nitrogens with zero attached hydrogens (tertiary/aromatic N) is 2. The van der Waals surface area contributed by atoms with Crippen LogP contribution in [0.1, 0.15) is 67.0 Å². The van der Waals surface area contributed by atoms with Gasteiger partial charge in [-0.2, -0.15) is 0 Å². The van der Waals surface area contributed by atoms with Crippen molar-refractivity contribution in [1.82, 2.24) is 41.9 Å². The van der Waals surface area contributed by atoms with Gasteiger partial charge in [0.1, 0.15) is 36.0 Å². The minimum atomic E-state index is -1.94. The number of hydrogen-bond acceptors (Lipinski definition) is 15. The Morgan fingerprint density at radius 3 is 1.83 bits per heavy atom. The van der Waals surface area contributed by atoms with Crippen LogP contribution in [0.15, 0.2) is 116 Å². The topological polar surface area (TPSA) is 447 Å². The van der Waals surface area contributed by atoms with Gasteiger partial charge < -0.3 is 79.0 Å². The molecule has 84 heavy (non-hydrogen) atoms. The highest BCUT2D eigenvalue weighted by Crippen LogP contribution is 2.32. The van der Waals surface area contributed by atoms with Gasteiger partial charge in [0, 0.05) is 51.9 Å². The highest BCUT2D eigenvalue weighted by atomic mass is 16.5. The Balaban J connectivity index is 1.57. The Hall–Kier alpha value is -10.2. The summed E-state index contributed by atoms with van der Waals surface area (Å²) in [5.41, 5.74) is 19.3. The van der Waals surface area contributed by atoms with Crippen molar-refractivity contribution in [2.75, 3.05) is 18.0 Å². The molecule has 27 heteroatoms. The van der Waals surface area contributed by atoms with Crippen molar-refractivity contribution >= 4 is 70.9 Å². The van der Waals surface area contributed by atoms with E-state index in [0.717, 1.165) is 11.8 Å². The van der Waals surface area contributed by atoms with E-state index in [-0.39, 0.29) is 92.4 Å². The molecule has 17 N–H and O–H groups in total. The lowest BCUT2D eigenvalue weighted by atomic mass is 10.0. The third-order valence-electron chi connectivity index (χ3n) is 12.8. The van der Waals surface area contributed by atoms with Crippen molar-refractivity contribution in [2.24, 2.45) is 17.2 Å². The molecule has 0 spiro atoms. The maximum atomic E-state index is 15.2. The zero-order chi connectivity index (χ0) is 61.3. The van der Waals surface area contributed by atoms with E-state index in [9.17, 15) is 58.5 Å². The van der Waals surface area contributed by atoms with Gasteiger partial charge in [-0.25, -0.2) is 4.98 Å². The number of imidazole rings is 1. The first-order chi connectivity index (χ1) is 40.0. The number of carbonyl (C=O) groups is 10. The van der Waals surface area contributed by atoms with E-state index in [0.29, 0.717) is 16.7 Å². The fourth-order valence-electron chi connectivity index (χ4n) is 8.62. The molecule has 0 aliphatic heterocycles. The number of carbonyl (C=O) groups excluding carboxylic acids is 8. The van der Waals surface area contributed by atoms with E-state index in [1.807, 2.05) is 0 Å². The number of aromatic hydroxyl groups is 1. The molecule has 0 aliphatic rings. The number of aliphatic carboxylic acids is 2. The van der Waals surface area contributed by atoms with E-state index in [1.54, 1.807) is 60.7 Å². The summed E-state index contributed by atoms with van der Waals surface area (Å²) in [6.07, 6.45) is -0.0472. The van der Waals surface area contributed by atoms with Gasteiger partial charge in [-0.3, -0.25) is 53.4 Å². The highest BCUT2D eigenvalue weighted by Gasteiger charge is 2.35. The number of benzene rings is 4. The zero-order valence-electron chi connectivity index (χ0n) is 45.9. The fraction of sp³-hybridized carbons (Fsp3) is 0.333. The second-order valence-corrected chi connectivity index (χ2v) is 19.5. The molecular weight excluding hydrogens is 1090 g/mol. The number of carboxylic acids is 2. The number of amides is 7. The third kappa shape index (κ3) is 21.7. The van der Waals surface area contributed by atoms with E-state index in [4.69, 9.17) is 27.3 Å². The van der Waals surface area contributed by atoms with E-state index in [2.05, 4.69) is 41.9 Å². The second kappa shape index (κ2) is 32.3. The molecule has 0 saturated carbocycles. The summed E-state index contributed by atoms with van der Waals surface area (Å²) in [4.78, 5) is 144. The van der Waals surface area contributed by atoms with Crippen LogP contribution < -0.4 is 58.7 Å². The van der Waals surface area contributed by atoms with Gasteiger partial charge in [0.25, 0.3) is 0 Å². The predicted octanol–water partition coefficient (Wildman–Crippen LogP) is -0.274. The standard InChI is InChI=1S/C57H69N13O14/c1-33(71)65-43(26-36-14-17-39(72)18-15-36)53(80)69-45(55(82)68-44(29-38-31-62-32-64-38)54(81)67-42(51(59)78)25-35-11-6-3-7-12-35)30-50(77)84-47-20-16-37(28-49(75)76)27-46(47)70(24-22-34-9-4-2-5-10-34)56(83)41(13-8-23-63-57(60)61)66-52(79)40(58)19-21-48(73)74/h2-7,9-12,14-18,20,27,31-32,40-45,72H,8,13,19,21-26,28-30,58H2,1H3,(H2,59,78)(H,62,64)(H,65,71)(H,66,79)(H,67,81)(H,68,82)(H,69,80)(H,73,74)(H,75,76)(H4,60,61,63)/t40-,41-,42-,43-,44-,45-/m0/s1. The molecule has 4 aromatic carbocycles. The number of aromatic amines is 1. The molecule has 0 bridgehead atoms. The lowest BCUT2D eigenvalue weighted by Gasteiger charge is -2.30. The quantitative estimate of drug-likeness (QED) is 0.00845. The number of guanidine groups is 1. The molecule has 5 rings (SSSR count). The number of ether oxygens (including phenoxy) is 1. The Bertz CT molecular complexity index is 3090. The van der Waals surface area contributed by atoms with Gasteiger partial charge in [0.15, 0.2) is 11.7 Å². The van der Waals surface area contributed by atoms with Crippen molar-refractivity contribution < 1.29 is 68.0 Å². The number of esters is 1. The molecular formula is C57H69N13O14. The smallest absolute Gasteiger partial charge is 0.313 e. The molecule has 5 aromatic rings. The van der Waals surface area contributed by atoms with Crippen LogP contribution in [0.4, 0.5) is 5.69 Å². The maximum Gasteiger partial charge on any atom is 0.313 e. The van der Waals surface area contributed by atoms with Gasteiger partial charge >= 0.3 is 17.9 Å². The van der Waals surface area contributed by atoms with E-state index < -0.39 is 115 Å². The number of primary amides is 1. The first-order valence-corrected chi connectivity index (χ1v) is 26.6. The number of phenolic OH excluding ortho intramolecular Hbond substituents is 1. The van der Waals surface area contributed by atoms with Crippen molar-refractivity contribution in [2.45, 2.75) is 107 Å². The third-order valence-corrected chi connectivity index (χ3v) is 12.8. The summed E-state index contributed by atoms with van der Waals surface area (Å²) in [6, 6.07) is 17.8. The molecule has 0 aliphatic carbocycles. The van der Waals surface area contributed by atoms with Crippen molar-refractivity contribution in [1.29, 1.82) is 5.41 Å². The minimum Gasteiger partial charge on any atom is -0.508 e. The normalized spacial score (nSPS) is 13.0. The number of phenols is 1. The maximum absolute atomic E-state index is 15.2. The van der Waals surface area contributed by atoms with Gasteiger partial charge in [-0.05, 0) is 72.2 Å². The molecule has 0 fully saturated rings. The summed E-state index contributed by atoms with van der Waals surface area (Å²) in [6.45, 7) is 0.993. The fourth-order valence-corrected chi connectivity index (χ4v) is 8.62. The monoisotopic (exact) mass is 1160 g/mol. The number of nitrogens with one attached hydrogen (secondary N) is 8. The molecule has 27 nitrogen and oxygen atoms in total. The van der Waals surface area contributed by atoms with Crippen LogP contribution in [0.2, 0.25) is 0 Å². The van der Waals surface area contributed by atoms with Crippen LogP contribution >= 0.6 is 0 Å². The summed E-state index contributed by atoms with van der Waals surface area (Å²) < 4.78 is 5.97. The van der Waals surface area contributed by atoms with Crippen molar-refractivity contribution in [3.63, 3.8) is 0 Å². The molecule has 0 radical (unpaired) electrons. The number of aromatic nitrogens is 2. The summed E-state index contributed by atoms with van der Waals surface area (Å²) >= 11 is 0. The van der Waals surface area contributed by atoms with E-state index in [1.165, 1.54) is 55.0 Å². The second-order valence-electron chi connectivity index (χ2n) is 19.5. The molecule has 0 unspecified atom stereocenters. The number of anilines is 1. The number of carboxylic acid groups (broad SMARTS) is 2. The van der Waals surface area contributed by atoms with Crippen LogP contribution in [-0.4, -0.2) is 140 Å². The lowest BCUT2D eigenvalue weighted by molar-refractivity contribution is -0.140. The SMILES string of the molecule is CC(=O)N[C@@H](Cc1ccc(O)cc1)C(=O)N[C@@H](CC(=O)Oc1ccc(CC(=O)O)cc1N(CCc1ccccc1)C(=O)[C@H](CCCNC(=N)N)NC(=O)[C@@H](N)CCC(=O)O)C(=O)N[C@@H](Cc1c[nH]cn1)C(=O)N[C@@H](Cc1ccccc1)C(N)=O. The Labute approximate surface area is 482 Å². The van der Waals surface area contributed by atoms with E-state index >= 15 is 4.79 Å². The zero-order valence-corrected chi connectivity index (χ0v) is 45.9.